The smallest absolute Gasteiger partial charge is 0.224 e. The van der Waals surface area contributed by atoms with Crippen molar-refractivity contribution in [2.75, 3.05) is 26.2 Å². The lowest BCUT2D eigenvalue weighted by atomic mass is 9.93. The molecule has 2 saturated heterocycles. The van der Waals surface area contributed by atoms with E-state index in [2.05, 4.69) is 43.8 Å². The van der Waals surface area contributed by atoms with E-state index in [1.54, 1.807) is 0 Å². The van der Waals surface area contributed by atoms with Gasteiger partial charge in [0.05, 0.1) is 12.5 Å². The third kappa shape index (κ3) is 5.25. The van der Waals surface area contributed by atoms with Crippen molar-refractivity contribution in [3.63, 3.8) is 0 Å². The number of nitrogens with one attached hydrogen (secondary N) is 1. The summed E-state index contributed by atoms with van der Waals surface area (Å²) in [6.45, 7) is 5.82. The highest BCUT2D eigenvalue weighted by atomic mass is 16.1. The maximum absolute atomic E-state index is 12.7. The van der Waals surface area contributed by atoms with Crippen LogP contribution in [0.25, 0.3) is 0 Å². The van der Waals surface area contributed by atoms with Crippen LogP contribution < -0.4 is 5.32 Å². The number of hydrogen-bond donors (Lipinski definition) is 1. The highest BCUT2D eigenvalue weighted by molar-refractivity contribution is 5.78. The van der Waals surface area contributed by atoms with Crippen LogP contribution in [0.4, 0.5) is 0 Å². The first-order chi connectivity index (χ1) is 14.2. The second-order valence-corrected chi connectivity index (χ2v) is 8.50. The van der Waals surface area contributed by atoms with Crippen LogP contribution in [0.15, 0.2) is 42.7 Å². The van der Waals surface area contributed by atoms with Crippen molar-refractivity contribution in [2.45, 2.75) is 44.8 Å². The van der Waals surface area contributed by atoms with Gasteiger partial charge in [0.1, 0.15) is 5.82 Å². The first kappa shape index (κ1) is 20.1. The summed E-state index contributed by atoms with van der Waals surface area (Å²) in [4.78, 5) is 22.2. The maximum Gasteiger partial charge on any atom is 0.224 e. The fourth-order valence-corrected chi connectivity index (χ4v) is 4.67. The average Bonchev–Trinajstić information content (AvgIpc) is 3.18. The molecule has 0 saturated carbocycles. The number of imidazole rings is 1. The summed E-state index contributed by atoms with van der Waals surface area (Å²) in [5, 5.41) is 3.15. The number of carbonyl (C=O) groups is 1. The van der Waals surface area contributed by atoms with Crippen LogP contribution in [0.5, 0.6) is 0 Å². The molecule has 0 radical (unpaired) electrons. The first-order valence-corrected chi connectivity index (χ1v) is 10.9. The van der Waals surface area contributed by atoms with Gasteiger partial charge in [0.2, 0.25) is 5.91 Å². The SMILES string of the molecule is Cn1ccnc1CN1CCC(N2CCCC(C(=O)NCc3ccccc3)C2)CC1. The van der Waals surface area contributed by atoms with Crippen molar-refractivity contribution in [1.29, 1.82) is 0 Å². The zero-order chi connectivity index (χ0) is 20.1. The second kappa shape index (κ2) is 9.55. The van der Waals surface area contributed by atoms with Crippen LogP contribution in [0.3, 0.4) is 0 Å². The molecule has 2 aliphatic heterocycles. The molecule has 4 rings (SSSR count). The van der Waals surface area contributed by atoms with E-state index in [0.29, 0.717) is 12.6 Å². The van der Waals surface area contributed by atoms with E-state index in [-0.39, 0.29) is 11.8 Å². The molecule has 1 atom stereocenters. The number of aryl methyl sites for hydroxylation is 1. The lowest BCUT2D eigenvalue weighted by molar-refractivity contribution is -0.127. The fourth-order valence-electron chi connectivity index (χ4n) is 4.67. The molecule has 2 aliphatic rings. The summed E-state index contributed by atoms with van der Waals surface area (Å²) in [7, 11) is 2.06. The molecule has 6 nitrogen and oxygen atoms in total. The van der Waals surface area contributed by atoms with Crippen molar-refractivity contribution in [3.8, 4) is 0 Å². The van der Waals surface area contributed by atoms with Gasteiger partial charge in [0.25, 0.3) is 0 Å². The molecule has 6 heteroatoms. The number of piperidine rings is 2. The largest absolute Gasteiger partial charge is 0.352 e. The van der Waals surface area contributed by atoms with Crippen LogP contribution in [-0.2, 0) is 24.9 Å². The minimum atomic E-state index is 0.123. The molecule has 0 aliphatic carbocycles. The average molecular weight is 396 g/mol. The van der Waals surface area contributed by atoms with E-state index in [1.165, 1.54) is 12.8 Å². The Labute approximate surface area is 173 Å². The van der Waals surface area contributed by atoms with Crippen LogP contribution in [-0.4, -0.2) is 57.5 Å². The Balaban J connectivity index is 1.23. The van der Waals surface area contributed by atoms with Crippen LogP contribution in [0.2, 0.25) is 0 Å². The minimum absolute atomic E-state index is 0.123. The van der Waals surface area contributed by atoms with Gasteiger partial charge in [-0.15, -0.1) is 0 Å². The predicted molar refractivity (Wildman–Crippen MR) is 114 cm³/mol. The van der Waals surface area contributed by atoms with Crippen LogP contribution >= 0.6 is 0 Å². The topological polar surface area (TPSA) is 53.4 Å². The van der Waals surface area contributed by atoms with Crippen LogP contribution in [0, 0.1) is 5.92 Å². The Kier molecular flexibility index (Phi) is 6.62. The monoisotopic (exact) mass is 395 g/mol. The van der Waals surface area contributed by atoms with E-state index in [9.17, 15) is 4.79 Å². The predicted octanol–water partition coefficient (Wildman–Crippen LogP) is 2.41. The molecule has 1 N–H and O–H groups in total. The van der Waals surface area contributed by atoms with E-state index in [4.69, 9.17) is 0 Å². The Bertz CT molecular complexity index is 782. The summed E-state index contributed by atoms with van der Waals surface area (Å²) in [6, 6.07) is 10.8. The molecule has 1 aromatic carbocycles. The standard InChI is InChI=1S/C23H33N5O/c1-26-15-11-24-22(26)18-27-13-9-21(10-14-27)28-12-5-8-20(17-28)23(29)25-16-19-6-3-2-4-7-19/h2-4,6-7,11,15,20-21H,5,8-10,12-14,16-18H2,1H3,(H,25,29). The molecule has 29 heavy (non-hydrogen) atoms. The molecular formula is C23H33N5O. The van der Waals surface area contributed by atoms with Gasteiger partial charge in [-0.05, 0) is 37.8 Å². The molecule has 156 valence electrons. The number of amides is 1. The van der Waals surface area contributed by atoms with Gasteiger partial charge in [-0.3, -0.25) is 14.6 Å². The van der Waals surface area contributed by atoms with Crippen molar-refractivity contribution >= 4 is 5.91 Å². The van der Waals surface area contributed by atoms with Crippen molar-refractivity contribution < 1.29 is 4.79 Å². The Morgan fingerprint density at radius 1 is 1.14 bits per heavy atom. The van der Waals surface area contributed by atoms with Gasteiger partial charge in [0, 0.05) is 51.7 Å². The summed E-state index contributed by atoms with van der Waals surface area (Å²) < 4.78 is 2.11. The lowest BCUT2D eigenvalue weighted by Crippen LogP contribution is -2.50. The maximum atomic E-state index is 12.7. The summed E-state index contributed by atoms with van der Waals surface area (Å²) in [5.41, 5.74) is 1.16. The van der Waals surface area contributed by atoms with Gasteiger partial charge in [0.15, 0.2) is 0 Å². The zero-order valence-electron chi connectivity index (χ0n) is 17.5. The summed E-state index contributed by atoms with van der Waals surface area (Å²) in [5.74, 6) is 1.47. The van der Waals surface area contributed by atoms with E-state index >= 15 is 0 Å². The summed E-state index contributed by atoms with van der Waals surface area (Å²) in [6.07, 6.45) is 8.38. The van der Waals surface area contributed by atoms with Gasteiger partial charge in [-0.1, -0.05) is 30.3 Å². The molecule has 1 unspecified atom stereocenters. The van der Waals surface area contributed by atoms with Gasteiger partial charge >= 0.3 is 0 Å². The number of hydrogen-bond acceptors (Lipinski definition) is 4. The number of aromatic nitrogens is 2. The van der Waals surface area contributed by atoms with E-state index < -0.39 is 0 Å². The van der Waals surface area contributed by atoms with Crippen molar-refractivity contribution in [3.05, 3.63) is 54.1 Å². The van der Waals surface area contributed by atoms with E-state index in [1.807, 2.05) is 30.6 Å². The lowest BCUT2D eigenvalue weighted by Gasteiger charge is -2.42. The molecule has 1 aromatic heterocycles. The fraction of sp³-hybridized carbons (Fsp3) is 0.565. The number of rotatable bonds is 6. The molecule has 0 spiro atoms. The van der Waals surface area contributed by atoms with E-state index in [0.717, 1.165) is 57.0 Å². The van der Waals surface area contributed by atoms with Crippen LogP contribution in [0.1, 0.15) is 37.1 Å². The Hall–Kier alpha value is -2.18. The number of benzene rings is 1. The number of carbonyl (C=O) groups excluding carboxylic acids is 1. The quantitative estimate of drug-likeness (QED) is 0.816. The summed E-state index contributed by atoms with van der Waals surface area (Å²) >= 11 is 0. The molecule has 2 aromatic rings. The van der Waals surface area contributed by atoms with Gasteiger partial charge < -0.3 is 9.88 Å². The first-order valence-electron chi connectivity index (χ1n) is 10.9. The molecule has 1 amide bonds. The highest BCUT2D eigenvalue weighted by Gasteiger charge is 2.31. The molecule has 3 heterocycles. The third-order valence-corrected chi connectivity index (χ3v) is 6.49. The zero-order valence-corrected chi connectivity index (χ0v) is 17.5. The van der Waals surface area contributed by atoms with Crippen molar-refractivity contribution in [1.82, 2.24) is 24.7 Å². The van der Waals surface area contributed by atoms with Gasteiger partial charge in [-0.25, -0.2) is 4.98 Å². The van der Waals surface area contributed by atoms with Crippen molar-refractivity contribution in [2.24, 2.45) is 13.0 Å². The Morgan fingerprint density at radius 2 is 1.93 bits per heavy atom. The third-order valence-electron chi connectivity index (χ3n) is 6.49. The van der Waals surface area contributed by atoms with Gasteiger partial charge in [-0.2, -0.15) is 0 Å². The molecule has 0 bridgehead atoms. The minimum Gasteiger partial charge on any atom is -0.352 e. The number of likely N-dealkylation sites (tertiary alicyclic amines) is 2. The highest BCUT2D eigenvalue weighted by Crippen LogP contribution is 2.24. The second-order valence-electron chi connectivity index (χ2n) is 8.50. The molecular weight excluding hydrogens is 362 g/mol. The Morgan fingerprint density at radius 3 is 2.66 bits per heavy atom. The normalized spacial score (nSPS) is 21.9. The molecule has 2 fully saturated rings. The number of nitrogens with zero attached hydrogens (tertiary/aromatic N) is 4.